The second-order valence-electron chi connectivity index (χ2n) is 8.23. The van der Waals surface area contributed by atoms with Crippen LogP contribution in [0, 0.1) is 11.8 Å². The molecule has 2 aromatic rings. The highest BCUT2D eigenvalue weighted by Crippen LogP contribution is 2.18. The van der Waals surface area contributed by atoms with Crippen molar-refractivity contribution >= 4 is 0 Å². The van der Waals surface area contributed by atoms with Gasteiger partial charge in [-0.15, -0.1) is 0 Å². The Balaban J connectivity index is 0.000000151. The number of benzene rings is 2. The summed E-state index contributed by atoms with van der Waals surface area (Å²) in [5, 5.41) is 0. The van der Waals surface area contributed by atoms with Crippen molar-refractivity contribution in [3.8, 4) is 0 Å². The molecule has 4 rings (SSSR count). The molecule has 0 bridgehead atoms. The third kappa shape index (κ3) is 6.26. The van der Waals surface area contributed by atoms with Crippen molar-refractivity contribution in [1.82, 2.24) is 9.80 Å². The monoisotopic (exact) mass is 350 g/mol. The van der Waals surface area contributed by atoms with E-state index in [2.05, 4.69) is 84.3 Å². The molecular weight excluding hydrogens is 316 g/mol. The molecule has 0 unspecified atom stereocenters. The average Bonchev–Trinajstić information content (AvgIpc) is 3.25. The van der Waals surface area contributed by atoms with Gasteiger partial charge in [-0.25, -0.2) is 0 Å². The summed E-state index contributed by atoms with van der Waals surface area (Å²) in [5.41, 5.74) is 2.88. The Morgan fingerprint density at radius 1 is 0.654 bits per heavy atom. The van der Waals surface area contributed by atoms with Gasteiger partial charge in [0.1, 0.15) is 0 Å². The summed E-state index contributed by atoms with van der Waals surface area (Å²) in [7, 11) is 0. The van der Waals surface area contributed by atoms with Crippen molar-refractivity contribution in [2.75, 3.05) is 26.2 Å². The third-order valence-electron chi connectivity index (χ3n) is 5.51. The molecule has 0 aliphatic carbocycles. The Bertz CT molecular complexity index is 568. The van der Waals surface area contributed by atoms with Crippen LogP contribution in [0.1, 0.15) is 37.8 Å². The predicted octanol–water partition coefficient (Wildman–Crippen LogP) is 5.06. The van der Waals surface area contributed by atoms with Gasteiger partial charge in [0, 0.05) is 26.2 Å². The first kappa shape index (κ1) is 19.1. The maximum Gasteiger partial charge on any atom is 0.0233 e. The van der Waals surface area contributed by atoms with Crippen LogP contribution in [0.25, 0.3) is 0 Å². The van der Waals surface area contributed by atoms with Crippen LogP contribution in [0.2, 0.25) is 0 Å². The van der Waals surface area contributed by atoms with Gasteiger partial charge in [0.15, 0.2) is 0 Å². The standard InChI is InChI=1S/2C12H17N/c2*1-11-7-8-13(9-11)10-12-5-3-2-4-6-12/h2*2-6,11H,7-10H2,1H3/t2*11-/m10/s1. The largest absolute Gasteiger partial charge is 0.299 e. The van der Waals surface area contributed by atoms with Gasteiger partial charge < -0.3 is 0 Å². The number of likely N-dealkylation sites (tertiary alicyclic amines) is 2. The zero-order valence-electron chi connectivity index (χ0n) is 16.5. The number of rotatable bonds is 4. The van der Waals surface area contributed by atoms with Gasteiger partial charge in [0.05, 0.1) is 0 Å². The normalized spacial score (nSPS) is 23.6. The van der Waals surface area contributed by atoms with Gasteiger partial charge in [0.25, 0.3) is 0 Å². The van der Waals surface area contributed by atoms with Crippen molar-refractivity contribution in [1.29, 1.82) is 0 Å². The van der Waals surface area contributed by atoms with E-state index in [1.165, 1.54) is 50.1 Å². The topological polar surface area (TPSA) is 6.48 Å². The first-order valence-corrected chi connectivity index (χ1v) is 10.2. The Morgan fingerprint density at radius 2 is 1.04 bits per heavy atom. The van der Waals surface area contributed by atoms with Crippen LogP contribution in [0.4, 0.5) is 0 Å². The van der Waals surface area contributed by atoms with Crippen LogP contribution in [-0.2, 0) is 13.1 Å². The van der Waals surface area contributed by atoms with Crippen LogP contribution in [0.15, 0.2) is 60.7 Å². The molecule has 2 aromatic carbocycles. The second kappa shape index (κ2) is 9.89. The fourth-order valence-corrected chi connectivity index (χ4v) is 4.02. The van der Waals surface area contributed by atoms with E-state index >= 15 is 0 Å². The fraction of sp³-hybridized carbons (Fsp3) is 0.500. The van der Waals surface area contributed by atoms with Crippen LogP contribution in [-0.4, -0.2) is 36.0 Å². The van der Waals surface area contributed by atoms with Crippen LogP contribution in [0.3, 0.4) is 0 Å². The fourth-order valence-electron chi connectivity index (χ4n) is 4.02. The van der Waals surface area contributed by atoms with Crippen LogP contribution < -0.4 is 0 Å². The molecular formula is C24H34N2. The molecule has 2 aliphatic heterocycles. The van der Waals surface area contributed by atoms with Crippen LogP contribution >= 0.6 is 0 Å². The maximum atomic E-state index is 2.54. The molecule has 0 amide bonds. The first-order valence-electron chi connectivity index (χ1n) is 10.2. The Kier molecular flexibility index (Phi) is 7.28. The minimum absolute atomic E-state index is 0.892. The third-order valence-corrected chi connectivity index (χ3v) is 5.51. The summed E-state index contributed by atoms with van der Waals surface area (Å²) in [6.45, 7) is 12.0. The maximum absolute atomic E-state index is 2.54. The highest BCUT2D eigenvalue weighted by Gasteiger charge is 2.18. The van der Waals surface area contributed by atoms with Gasteiger partial charge in [-0.05, 0) is 48.9 Å². The Labute approximate surface area is 159 Å². The lowest BCUT2D eigenvalue weighted by molar-refractivity contribution is 0.320. The van der Waals surface area contributed by atoms with E-state index in [9.17, 15) is 0 Å². The van der Waals surface area contributed by atoms with E-state index in [1.807, 2.05) is 0 Å². The molecule has 26 heavy (non-hydrogen) atoms. The molecule has 2 saturated heterocycles. The van der Waals surface area contributed by atoms with Crippen molar-refractivity contribution in [3.05, 3.63) is 71.8 Å². The van der Waals surface area contributed by atoms with E-state index in [1.54, 1.807) is 0 Å². The summed E-state index contributed by atoms with van der Waals surface area (Å²) in [5.74, 6) is 1.78. The van der Waals surface area contributed by atoms with Crippen LogP contribution in [0.5, 0.6) is 0 Å². The summed E-state index contributed by atoms with van der Waals surface area (Å²) in [6.07, 6.45) is 2.74. The lowest BCUT2D eigenvalue weighted by Gasteiger charge is -2.14. The molecule has 0 saturated carbocycles. The van der Waals surface area contributed by atoms with E-state index < -0.39 is 0 Å². The lowest BCUT2D eigenvalue weighted by Crippen LogP contribution is -2.19. The summed E-state index contributed by atoms with van der Waals surface area (Å²) >= 11 is 0. The van der Waals surface area contributed by atoms with Gasteiger partial charge in [0.2, 0.25) is 0 Å². The highest BCUT2D eigenvalue weighted by atomic mass is 15.1. The summed E-state index contributed by atoms with van der Waals surface area (Å²) in [4.78, 5) is 5.08. The van der Waals surface area contributed by atoms with Crippen molar-refractivity contribution in [2.24, 2.45) is 11.8 Å². The average molecular weight is 351 g/mol. The molecule has 2 nitrogen and oxygen atoms in total. The van der Waals surface area contributed by atoms with Gasteiger partial charge in [-0.3, -0.25) is 9.80 Å². The van der Waals surface area contributed by atoms with E-state index in [-0.39, 0.29) is 0 Å². The molecule has 2 heterocycles. The Morgan fingerprint density at radius 3 is 1.35 bits per heavy atom. The van der Waals surface area contributed by atoms with E-state index in [4.69, 9.17) is 0 Å². The lowest BCUT2D eigenvalue weighted by atomic mass is 10.2. The van der Waals surface area contributed by atoms with Crippen molar-refractivity contribution in [3.63, 3.8) is 0 Å². The number of hydrogen-bond acceptors (Lipinski definition) is 2. The minimum Gasteiger partial charge on any atom is -0.299 e. The zero-order valence-corrected chi connectivity index (χ0v) is 16.5. The molecule has 0 aromatic heterocycles. The minimum atomic E-state index is 0.892. The molecule has 2 atom stereocenters. The molecule has 0 N–H and O–H groups in total. The second-order valence-corrected chi connectivity index (χ2v) is 8.23. The molecule has 2 fully saturated rings. The molecule has 0 spiro atoms. The predicted molar refractivity (Wildman–Crippen MR) is 111 cm³/mol. The molecule has 0 radical (unpaired) electrons. The van der Waals surface area contributed by atoms with Gasteiger partial charge in [-0.2, -0.15) is 0 Å². The quantitative estimate of drug-likeness (QED) is 0.761. The number of nitrogens with zero attached hydrogens (tertiary/aromatic N) is 2. The zero-order chi connectivity index (χ0) is 18.2. The van der Waals surface area contributed by atoms with Crippen molar-refractivity contribution < 1.29 is 0 Å². The van der Waals surface area contributed by atoms with Gasteiger partial charge in [-0.1, -0.05) is 74.5 Å². The smallest absolute Gasteiger partial charge is 0.0233 e. The Hall–Kier alpha value is -1.64. The number of hydrogen-bond donors (Lipinski definition) is 0. The molecule has 2 aliphatic rings. The van der Waals surface area contributed by atoms with E-state index in [0.717, 1.165) is 24.9 Å². The molecule has 140 valence electrons. The van der Waals surface area contributed by atoms with E-state index in [0.29, 0.717) is 0 Å². The summed E-state index contributed by atoms with van der Waals surface area (Å²) < 4.78 is 0. The summed E-state index contributed by atoms with van der Waals surface area (Å²) in [6, 6.07) is 21.5. The molecule has 2 heteroatoms. The first-order chi connectivity index (χ1) is 12.7. The van der Waals surface area contributed by atoms with Crippen molar-refractivity contribution in [2.45, 2.75) is 39.8 Å². The van der Waals surface area contributed by atoms with Gasteiger partial charge >= 0.3 is 0 Å². The highest BCUT2D eigenvalue weighted by molar-refractivity contribution is 5.15. The SMILES string of the molecule is C[C@@H]1CCN(Cc2ccccc2)C1.C[C@H]1CCN(Cc2ccccc2)C1.